The van der Waals surface area contributed by atoms with Crippen LogP contribution in [0.25, 0.3) is 10.9 Å². The van der Waals surface area contributed by atoms with Crippen molar-refractivity contribution in [2.24, 2.45) is 0 Å². The van der Waals surface area contributed by atoms with E-state index in [0.717, 1.165) is 25.0 Å². The van der Waals surface area contributed by atoms with Gasteiger partial charge in [-0.3, -0.25) is 4.90 Å². The van der Waals surface area contributed by atoms with E-state index in [2.05, 4.69) is 22.0 Å². The normalized spacial score (nSPS) is 15.0. The maximum Gasteiger partial charge on any atom is 1.00 e. The van der Waals surface area contributed by atoms with Crippen LogP contribution in [0.5, 0.6) is 0 Å². The van der Waals surface area contributed by atoms with Crippen molar-refractivity contribution in [1.82, 2.24) is 9.88 Å². The van der Waals surface area contributed by atoms with Crippen molar-refractivity contribution in [3.63, 3.8) is 0 Å². The summed E-state index contributed by atoms with van der Waals surface area (Å²) in [6.45, 7) is 2.37. The van der Waals surface area contributed by atoms with Gasteiger partial charge in [0.15, 0.2) is 0 Å². The van der Waals surface area contributed by atoms with Crippen molar-refractivity contribution in [3.8, 4) is 0 Å². The van der Waals surface area contributed by atoms with Crippen LogP contribution in [0.15, 0.2) is 24.3 Å². The zero-order chi connectivity index (χ0) is 14.2. The number of nitrogens with one attached hydrogen (secondary N) is 1. The minimum atomic E-state index is -4.36. The number of nitrogens with zero attached hydrogens (tertiary/aromatic N) is 1. The molecule has 1 aromatic heterocycles. The summed E-state index contributed by atoms with van der Waals surface area (Å²) in [5.41, 5.74) is 3.74. The van der Waals surface area contributed by atoms with Gasteiger partial charge in [-0.25, -0.2) is 0 Å². The molecular formula is C14H17N2Na2O3P. The number of aromatic nitrogens is 1. The summed E-state index contributed by atoms with van der Waals surface area (Å²) < 4.78 is 10.6. The van der Waals surface area contributed by atoms with Gasteiger partial charge in [0.05, 0.1) is 0 Å². The van der Waals surface area contributed by atoms with Gasteiger partial charge in [0.1, 0.15) is 0 Å². The Bertz CT molecular complexity index is 671. The number of rotatable bonds is 4. The van der Waals surface area contributed by atoms with Crippen molar-refractivity contribution in [3.05, 3.63) is 35.5 Å². The molecule has 1 aromatic carbocycles. The van der Waals surface area contributed by atoms with Crippen molar-refractivity contribution < 1.29 is 73.5 Å². The minimum Gasteiger partial charge on any atom is -0.811 e. The number of hydrogen-bond donors (Lipinski definition) is 1. The standard InChI is InChI=1S/C14H19N2O3P.2Na/c17-20(18,19)9-3-7-16-8-6-12-11-4-1-2-5-13(11)15-14(12)10-16;;/h1-2,4-5,15H,3,6-10H2,(H2,17,18,19);;/q;2*+1/p-2. The fourth-order valence-electron chi connectivity index (χ4n) is 2.93. The zero-order valence-electron chi connectivity index (χ0n) is 13.2. The molecule has 0 saturated heterocycles. The van der Waals surface area contributed by atoms with Gasteiger partial charge in [-0.05, 0) is 37.2 Å². The molecule has 1 aliphatic heterocycles. The third kappa shape index (κ3) is 5.18. The summed E-state index contributed by atoms with van der Waals surface area (Å²) >= 11 is 0. The maximum atomic E-state index is 10.6. The van der Waals surface area contributed by atoms with Crippen LogP contribution in [-0.4, -0.2) is 29.1 Å². The molecule has 0 unspecified atom stereocenters. The molecule has 8 heteroatoms. The van der Waals surface area contributed by atoms with Crippen LogP contribution in [0.3, 0.4) is 0 Å². The van der Waals surface area contributed by atoms with E-state index >= 15 is 0 Å². The maximum absolute atomic E-state index is 10.6. The molecule has 5 nitrogen and oxygen atoms in total. The SMILES string of the molecule is O=P([O-])([O-])CCCN1CCc2c([nH]c3ccccc23)C1.[Na+].[Na+]. The molecule has 1 aliphatic rings. The molecule has 3 rings (SSSR count). The summed E-state index contributed by atoms with van der Waals surface area (Å²) in [4.78, 5) is 26.9. The van der Waals surface area contributed by atoms with Gasteiger partial charge in [0.25, 0.3) is 0 Å². The Morgan fingerprint density at radius 1 is 1.23 bits per heavy atom. The van der Waals surface area contributed by atoms with E-state index in [1.807, 2.05) is 12.1 Å². The summed E-state index contributed by atoms with van der Waals surface area (Å²) in [5, 5.41) is 1.28. The second kappa shape index (κ2) is 8.82. The van der Waals surface area contributed by atoms with Gasteiger partial charge < -0.3 is 19.3 Å². The van der Waals surface area contributed by atoms with Gasteiger partial charge in [-0.1, -0.05) is 25.8 Å². The van der Waals surface area contributed by atoms with E-state index in [0.29, 0.717) is 13.0 Å². The van der Waals surface area contributed by atoms with Crippen LogP contribution < -0.4 is 68.9 Å². The molecule has 0 saturated carbocycles. The number of aromatic amines is 1. The molecule has 0 spiro atoms. The predicted molar refractivity (Wildman–Crippen MR) is 74.4 cm³/mol. The smallest absolute Gasteiger partial charge is 0.811 e. The topological polar surface area (TPSA) is 82.2 Å². The first-order chi connectivity index (χ1) is 9.53. The number of benzene rings is 1. The molecule has 0 fully saturated rings. The molecule has 0 atom stereocenters. The number of fused-ring (bicyclic) bond motifs is 3. The average molecular weight is 338 g/mol. The van der Waals surface area contributed by atoms with Crippen LogP contribution >= 0.6 is 7.60 Å². The van der Waals surface area contributed by atoms with Crippen molar-refractivity contribution >= 4 is 18.5 Å². The summed E-state index contributed by atoms with van der Waals surface area (Å²) in [5.74, 6) is 0. The van der Waals surface area contributed by atoms with Crippen LogP contribution in [-0.2, 0) is 17.5 Å². The molecule has 0 radical (unpaired) electrons. The van der Waals surface area contributed by atoms with Gasteiger partial charge in [-0.15, -0.1) is 0 Å². The molecule has 0 bridgehead atoms. The van der Waals surface area contributed by atoms with Crippen LogP contribution in [0.1, 0.15) is 17.7 Å². The second-order valence-corrected chi connectivity index (χ2v) is 7.01. The Kier molecular flexibility index (Phi) is 8.38. The van der Waals surface area contributed by atoms with Crippen LogP contribution in [0.2, 0.25) is 0 Å². The number of hydrogen-bond acceptors (Lipinski definition) is 4. The third-order valence-corrected chi connectivity index (χ3v) is 4.73. The Balaban J connectivity index is 0.00000121. The first-order valence-corrected chi connectivity index (χ1v) is 8.57. The monoisotopic (exact) mass is 338 g/mol. The fourth-order valence-corrected chi connectivity index (χ4v) is 3.46. The van der Waals surface area contributed by atoms with E-state index in [4.69, 9.17) is 0 Å². The molecule has 0 aliphatic carbocycles. The van der Waals surface area contributed by atoms with E-state index in [1.54, 1.807) is 0 Å². The van der Waals surface area contributed by atoms with Crippen molar-refractivity contribution in [2.75, 3.05) is 19.3 Å². The molecule has 0 amide bonds. The van der Waals surface area contributed by atoms with E-state index < -0.39 is 7.60 Å². The first-order valence-electron chi connectivity index (χ1n) is 6.85. The minimum absolute atomic E-state index is 0. The molecule has 22 heavy (non-hydrogen) atoms. The van der Waals surface area contributed by atoms with Crippen LogP contribution in [0.4, 0.5) is 0 Å². The first kappa shape index (κ1) is 20.9. The average Bonchev–Trinajstić information content (AvgIpc) is 2.74. The molecule has 1 N–H and O–H groups in total. The summed E-state index contributed by atoms with van der Waals surface area (Å²) in [6, 6.07) is 8.26. The molecule has 2 heterocycles. The number of para-hydroxylation sites is 1. The predicted octanol–water partition coefficient (Wildman–Crippen LogP) is -5.16. The van der Waals surface area contributed by atoms with E-state index in [9.17, 15) is 14.4 Å². The van der Waals surface area contributed by atoms with Crippen LogP contribution in [0, 0.1) is 0 Å². The van der Waals surface area contributed by atoms with Gasteiger partial charge in [-0.2, -0.15) is 0 Å². The van der Waals surface area contributed by atoms with E-state index in [-0.39, 0.29) is 65.3 Å². The fraction of sp³-hybridized carbons (Fsp3) is 0.429. The third-order valence-electron chi connectivity index (χ3n) is 3.87. The van der Waals surface area contributed by atoms with Gasteiger partial charge in [0.2, 0.25) is 0 Å². The molecule has 2 aromatic rings. The summed E-state index contributed by atoms with van der Waals surface area (Å²) in [7, 11) is -4.36. The van der Waals surface area contributed by atoms with Gasteiger partial charge in [0, 0.05) is 29.7 Å². The molecular weight excluding hydrogens is 321 g/mol. The summed E-state index contributed by atoms with van der Waals surface area (Å²) in [6.07, 6.45) is 1.13. The Hall–Kier alpha value is 0.870. The van der Waals surface area contributed by atoms with Crippen molar-refractivity contribution in [2.45, 2.75) is 19.4 Å². The Morgan fingerprint density at radius 2 is 1.95 bits per heavy atom. The Morgan fingerprint density at radius 3 is 2.68 bits per heavy atom. The van der Waals surface area contributed by atoms with Gasteiger partial charge >= 0.3 is 59.1 Å². The number of H-pyrrole nitrogens is 1. The second-order valence-electron chi connectivity index (χ2n) is 5.34. The van der Waals surface area contributed by atoms with Crippen molar-refractivity contribution in [1.29, 1.82) is 0 Å². The largest absolute Gasteiger partial charge is 1.00 e. The zero-order valence-corrected chi connectivity index (χ0v) is 18.1. The quantitative estimate of drug-likeness (QED) is 0.447. The Labute approximate surface area is 174 Å². The van der Waals surface area contributed by atoms with E-state index in [1.165, 1.54) is 16.6 Å². The molecule has 108 valence electrons.